The summed E-state index contributed by atoms with van der Waals surface area (Å²) in [5.74, 6) is -0.543. The molecular formula is C15H12FN3O. The van der Waals surface area contributed by atoms with Crippen molar-refractivity contribution in [3.8, 4) is 0 Å². The highest BCUT2D eigenvalue weighted by Gasteiger charge is 2.09. The fourth-order valence-corrected chi connectivity index (χ4v) is 2.00. The van der Waals surface area contributed by atoms with Gasteiger partial charge in [-0.1, -0.05) is 0 Å². The van der Waals surface area contributed by atoms with E-state index in [1.807, 2.05) is 12.1 Å². The summed E-state index contributed by atoms with van der Waals surface area (Å²) in [6, 6.07) is 9.68. The van der Waals surface area contributed by atoms with Crippen LogP contribution < -0.4 is 5.32 Å². The third kappa shape index (κ3) is 2.51. The second kappa shape index (κ2) is 5.13. The third-order valence-electron chi connectivity index (χ3n) is 3.03. The Morgan fingerprint density at radius 2 is 2.00 bits per heavy atom. The number of hydrogen-bond donors (Lipinski definition) is 2. The highest BCUT2D eigenvalue weighted by atomic mass is 19.1. The quantitative estimate of drug-likeness (QED) is 0.768. The average Bonchev–Trinajstić information content (AvgIpc) is 2.89. The molecule has 1 aromatic carbocycles. The number of amides is 1. The monoisotopic (exact) mass is 269 g/mol. The van der Waals surface area contributed by atoms with E-state index in [0.717, 1.165) is 11.1 Å². The second-order valence-corrected chi connectivity index (χ2v) is 4.45. The Balaban J connectivity index is 1.75. The van der Waals surface area contributed by atoms with E-state index in [-0.39, 0.29) is 11.7 Å². The number of halogens is 1. The van der Waals surface area contributed by atoms with Gasteiger partial charge in [-0.2, -0.15) is 0 Å². The van der Waals surface area contributed by atoms with Gasteiger partial charge in [0.2, 0.25) is 0 Å². The van der Waals surface area contributed by atoms with Crippen LogP contribution in [0, 0.1) is 5.82 Å². The van der Waals surface area contributed by atoms with Gasteiger partial charge in [0.1, 0.15) is 11.5 Å². The van der Waals surface area contributed by atoms with Gasteiger partial charge in [0, 0.05) is 29.8 Å². The molecule has 0 radical (unpaired) electrons. The molecule has 0 aliphatic heterocycles. The van der Waals surface area contributed by atoms with Gasteiger partial charge in [-0.05, 0) is 42.0 Å². The average molecular weight is 269 g/mol. The molecule has 0 spiro atoms. The van der Waals surface area contributed by atoms with Crippen LogP contribution in [0.25, 0.3) is 10.9 Å². The second-order valence-electron chi connectivity index (χ2n) is 4.45. The van der Waals surface area contributed by atoms with Crippen LogP contribution in [0.5, 0.6) is 0 Å². The van der Waals surface area contributed by atoms with E-state index in [9.17, 15) is 9.18 Å². The fraction of sp³-hybridized carbons (Fsp3) is 0.0667. The van der Waals surface area contributed by atoms with Gasteiger partial charge >= 0.3 is 0 Å². The summed E-state index contributed by atoms with van der Waals surface area (Å²) in [5.41, 5.74) is 2.12. The van der Waals surface area contributed by atoms with E-state index in [1.165, 1.54) is 12.1 Å². The Morgan fingerprint density at radius 3 is 2.80 bits per heavy atom. The van der Waals surface area contributed by atoms with Crippen LogP contribution in [-0.2, 0) is 6.54 Å². The molecule has 1 amide bonds. The molecular weight excluding hydrogens is 257 g/mol. The first-order valence-corrected chi connectivity index (χ1v) is 6.18. The minimum Gasteiger partial charge on any atom is -0.351 e. The summed E-state index contributed by atoms with van der Waals surface area (Å²) >= 11 is 0. The Hall–Kier alpha value is -2.69. The molecule has 4 nitrogen and oxygen atoms in total. The minimum absolute atomic E-state index is 0.224. The van der Waals surface area contributed by atoms with Crippen molar-refractivity contribution in [3.05, 3.63) is 65.9 Å². The SMILES string of the molecule is O=C(NCc1ccncc1)c1cc2cc(F)ccc2[nH]1. The number of pyridine rings is 1. The summed E-state index contributed by atoms with van der Waals surface area (Å²) in [5, 5.41) is 3.48. The van der Waals surface area contributed by atoms with Crippen LogP contribution in [0.15, 0.2) is 48.8 Å². The highest BCUT2D eigenvalue weighted by molar-refractivity contribution is 5.97. The summed E-state index contributed by atoms with van der Waals surface area (Å²) < 4.78 is 13.1. The van der Waals surface area contributed by atoms with Crippen molar-refractivity contribution in [1.29, 1.82) is 0 Å². The molecule has 0 bridgehead atoms. The summed E-state index contributed by atoms with van der Waals surface area (Å²) in [4.78, 5) is 18.9. The lowest BCUT2D eigenvalue weighted by Crippen LogP contribution is -2.23. The van der Waals surface area contributed by atoms with Crippen LogP contribution in [0.4, 0.5) is 4.39 Å². The standard InChI is InChI=1S/C15H12FN3O/c16-12-1-2-13-11(7-12)8-14(19-13)15(20)18-9-10-3-5-17-6-4-10/h1-8,19H,9H2,(H,18,20). The number of nitrogens with one attached hydrogen (secondary N) is 2. The number of H-pyrrole nitrogens is 1. The highest BCUT2D eigenvalue weighted by Crippen LogP contribution is 2.16. The summed E-state index contributed by atoms with van der Waals surface area (Å²) in [7, 11) is 0. The molecule has 0 aliphatic rings. The summed E-state index contributed by atoms with van der Waals surface area (Å²) in [6.45, 7) is 0.422. The topological polar surface area (TPSA) is 57.8 Å². The third-order valence-corrected chi connectivity index (χ3v) is 3.03. The normalized spacial score (nSPS) is 10.7. The number of benzene rings is 1. The van der Waals surface area contributed by atoms with Gasteiger partial charge in [-0.15, -0.1) is 0 Å². The lowest BCUT2D eigenvalue weighted by molar-refractivity contribution is 0.0946. The first kappa shape index (κ1) is 12.3. The van der Waals surface area contributed by atoms with Gasteiger partial charge in [-0.25, -0.2) is 4.39 Å². The number of carbonyl (C=O) groups is 1. The molecule has 0 saturated carbocycles. The number of aromatic amines is 1. The van der Waals surface area contributed by atoms with E-state index in [4.69, 9.17) is 0 Å². The zero-order chi connectivity index (χ0) is 13.9. The van der Waals surface area contributed by atoms with Crippen LogP contribution in [0.3, 0.4) is 0 Å². The Labute approximate surface area is 114 Å². The van der Waals surface area contributed by atoms with Crippen LogP contribution in [0.2, 0.25) is 0 Å². The number of aromatic nitrogens is 2. The van der Waals surface area contributed by atoms with Crippen LogP contribution in [-0.4, -0.2) is 15.9 Å². The largest absolute Gasteiger partial charge is 0.351 e. The molecule has 0 fully saturated rings. The number of hydrogen-bond acceptors (Lipinski definition) is 2. The molecule has 2 aromatic heterocycles. The number of fused-ring (bicyclic) bond motifs is 1. The van der Waals surface area contributed by atoms with E-state index in [2.05, 4.69) is 15.3 Å². The summed E-state index contributed by atoms with van der Waals surface area (Å²) in [6.07, 6.45) is 3.35. The predicted molar refractivity (Wildman–Crippen MR) is 73.7 cm³/mol. The fourth-order valence-electron chi connectivity index (χ4n) is 2.00. The predicted octanol–water partition coefficient (Wildman–Crippen LogP) is 2.63. The molecule has 0 saturated heterocycles. The van der Waals surface area contributed by atoms with Crippen molar-refractivity contribution < 1.29 is 9.18 Å². The minimum atomic E-state index is -0.319. The van der Waals surface area contributed by atoms with Gasteiger partial charge in [-0.3, -0.25) is 9.78 Å². The zero-order valence-electron chi connectivity index (χ0n) is 10.6. The Kier molecular flexibility index (Phi) is 3.16. The molecule has 0 atom stereocenters. The lowest BCUT2D eigenvalue weighted by atomic mass is 10.2. The van der Waals surface area contributed by atoms with Crippen molar-refractivity contribution in [2.75, 3.05) is 0 Å². The Bertz CT molecular complexity index is 752. The smallest absolute Gasteiger partial charge is 0.267 e. The van der Waals surface area contributed by atoms with Crippen molar-refractivity contribution in [1.82, 2.24) is 15.3 Å². The van der Waals surface area contributed by atoms with E-state index in [1.54, 1.807) is 24.5 Å². The first-order chi connectivity index (χ1) is 9.72. The van der Waals surface area contributed by atoms with Crippen LogP contribution >= 0.6 is 0 Å². The zero-order valence-corrected chi connectivity index (χ0v) is 10.6. The molecule has 20 heavy (non-hydrogen) atoms. The number of nitrogens with zero attached hydrogens (tertiary/aromatic N) is 1. The van der Waals surface area contributed by atoms with Crippen molar-refractivity contribution >= 4 is 16.8 Å². The van der Waals surface area contributed by atoms with Crippen molar-refractivity contribution in [2.45, 2.75) is 6.54 Å². The maximum Gasteiger partial charge on any atom is 0.267 e. The number of rotatable bonds is 3. The molecule has 0 aliphatic carbocycles. The maximum absolute atomic E-state index is 13.1. The molecule has 5 heteroatoms. The van der Waals surface area contributed by atoms with Gasteiger partial charge < -0.3 is 10.3 Å². The van der Waals surface area contributed by atoms with E-state index >= 15 is 0 Å². The molecule has 2 heterocycles. The van der Waals surface area contributed by atoms with E-state index < -0.39 is 0 Å². The number of carbonyl (C=O) groups excluding carboxylic acids is 1. The van der Waals surface area contributed by atoms with Gasteiger partial charge in [0.05, 0.1) is 0 Å². The van der Waals surface area contributed by atoms with Crippen molar-refractivity contribution in [2.24, 2.45) is 0 Å². The lowest BCUT2D eigenvalue weighted by Gasteiger charge is -2.03. The van der Waals surface area contributed by atoms with E-state index in [0.29, 0.717) is 17.6 Å². The first-order valence-electron chi connectivity index (χ1n) is 6.18. The molecule has 0 unspecified atom stereocenters. The molecule has 3 aromatic rings. The van der Waals surface area contributed by atoms with Crippen LogP contribution in [0.1, 0.15) is 16.1 Å². The Morgan fingerprint density at radius 1 is 1.20 bits per heavy atom. The van der Waals surface area contributed by atoms with Gasteiger partial charge in [0.15, 0.2) is 0 Å². The molecule has 100 valence electrons. The van der Waals surface area contributed by atoms with Crippen molar-refractivity contribution in [3.63, 3.8) is 0 Å². The molecule has 3 rings (SSSR count). The maximum atomic E-state index is 13.1. The molecule has 2 N–H and O–H groups in total. The van der Waals surface area contributed by atoms with Gasteiger partial charge in [0.25, 0.3) is 5.91 Å².